The molecule has 6 heteroatoms. The van der Waals surface area contributed by atoms with Crippen molar-refractivity contribution in [3.8, 4) is 0 Å². The first kappa shape index (κ1) is 16.9. The minimum absolute atomic E-state index is 0.108. The summed E-state index contributed by atoms with van der Waals surface area (Å²) in [5.74, 6) is 0.481. The zero-order chi connectivity index (χ0) is 16.3. The molecular formula is C17H25FN2O2S. The fourth-order valence-corrected chi connectivity index (χ4v) is 5.26. The van der Waals surface area contributed by atoms with E-state index in [4.69, 9.17) is 0 Å². The maximum Gasteiger partial charge on any atom is 0.151 e. The second-order valence-corrected chi connectivity index (χ2v) is 8.99. The summed E-state index contributed by atoms with van der Waals surface area (Å²) in [5.41, 5.74) is 0.747. The highest BCUT2D eigenvalue weighted by molar-refractivity contribution is 7.91. The van der Waals surface area contributed by atoms with Crippen LogP contribution in [0.3, 0.4) is 0 Å². The van der Waals surface area contributed by atoms with Gasteiger partial charge in [0.1, 0.15) is 5.82 Å². The molecule has 1 atom stereocenters. The SMILES string of the molecule is O=S1(=O)CCC[C@H](NC2CCN(Cc3ccccc3F)CC2)C1. The molecule has 0 amide bonds. The van der Waals surface area contributed by atoms with E-state index >= 15 is 0 Å². The molecule has 2 fully saturated rings. The number of likely N-dealkylation sites (tertiary alicyclic amines) is 1. The predicted octanol–water partition coefficient (Wildman–Crippen LogP) is 1.96. The highest BCUT2D eigenvalue weighted by atomic mass is 32.2. The van der Waals surface area contributed by atoms with E-state index in [-0.39, 0.29) is 17.6 Å². The van der Waals surface area contributed by atoms with Gasteiger partial charge in [-0.05, 0) is 44.8 Å². The van der Waals surface area contributed by atoms with Crippen molar-refractivity contribution < 1.29 is 12.8 Å². The lowest BCUT2D eigenvalue weighted by molar-refractivity contribution is 0.182. The second kappa shape index (κ2) is 7.28. The van der Waals surface area contributed by atoms with E-state index < -0.39 is 9.84 Å². The third-order valence-corrected chi connectivity index (χ3v) is 6.69. The van der Waals surface area contributed by atoms with Gasteiger partial charge < -0.3 is 5.32 Å². The van der Waals surface area contributed by atoms with E-state index in [1.54, 1.807) is 6.07 Å². The summed E-state index contributed by atoms with van der Waals surface area (Å²) >= 11 is 0. The predicted molar refractivity (Wildman–Crippen MR) is 89.5 cm³/mol. The number of nitrogens with one attached hydrogen (secondary N) is 1. The number of piperidine rings is 1. The molecule has 0 bridgehead atoms. The lowest BCUT2D eigenvalue weighted by Crippen LogP contribution is -2.49. The van der Waals surface area contributed by atoms with E-state index in [9.17, 15) is 12.8 Å². The van der Waals surface area contributed by atoms with Crippen LogP contribution in [0.25, 0.3) is 0 Å². The Morgan fingerprint density at radius 2 is 1.87 bits per heavy atom. The number of halogens is 1. The molecule has 3 rings (SSSR count). The van der Waals surface area contributed by atoms with Gasteiger partial charge in [0.25, 0.3) is 0 Å². The average molecular weight is 340 g/mol. The topological polar surface area (TPSA) is 49.4 Å². The average Bonchev–Trinajstić information content (AvgIpc) is 2.50. The molecule has 2 aliphatic rings. The van der Waals surface area contributed by atoms with Crippen molar-refractivity contribution in [1.29, 1.82) is 0 Å². The quantitative estimate of drug-likeness (QED) is 0.910. The van der Waals surface area contributed by atoms with Crippen molar-refractivity contribution in [3.63, 3.8) is 0 Å². The van der Waals surface area contributed by atoms with E-state index in [2.05, 4.69) is 10.2 Å². The maximum atomic E-state index is 13.7. The minimum atomic E-state index is -2.85. The lowest BCUT2D eigenvalue weighted by Gasteiger charge is -2.35. The summed E-state index contributed by atoms with van der Waals surface area (Å²) in [6.45, 7) is 2.49. The molecule has 2 heterocycles. The van der Waals surface area contributed by atoms with Crippen LogP contribution in [0.15, 0.2) is 24.3 Å². The molecule has 0 spiro atoms. The number of benzene rings is 1. The molecule has 0 unspecified atom stereocenters. The Labute approximate surface area is 138 Å². The van der Waals surface area contributed by atoms with Gasteiger partial charge in [0.15, 0.2) is 9.84 Å². The van der Waals surface area contributed by atoms with Gasteiger partial charge in [-0.1, -0.05) is 18.2 Å². The molecule has 23 heavy (non-hydrogen) atoms. The monoisotopic (exact) mass is 340 g/mol. The molecule has 2 saturated heterocycles. The summed E-state index contributed by atoms with van der Waals surface area (Å²) in [7, 11) is -2.85. The first-order valence-corrected chi connectivity index (χ1v) is 10.3. The molecule has 0 radical (unpaired) electrons. The first-order chi connectivity index (χ1) is 11.0. The Kier molecular flexibility index (Phi) is 5.34. The normalized spacial score (nSPS) is 26.2. The van der Waals surface area contributed by atoms with Gasteiger partial charge in [-0.15, -0.1) is 0 Å². The van der Waals surface area contributed by atoms with E-state index in [1.807, 2.05) is 12.1 Å². The van der Waals surface area contributed by atoms with Gasteiger partial charge in [0, 0.05) is 24.2 Å². The van der Waals surface area contributed by atoms with Gasteiger partial charge in [-0.3, -0.25) is 4.90 Å². The fourth-order valence-electron chi connectivity index (χ4n) is 3.61. The summed E-state index contributed by atoms with van der Waals surface area (Å²) in [6.07, 6.45) is 3.71. The van der Waals surface area contributed by atoms with Crippen molar-refractivity contribution in [2.24, 2.45) is 0 Å². The highest BCUT2D eigenvalue weighted by Crippen LogP contribution is 2.18. The van der Waals surface area contributed by atoms with Crippen LogP contribution in [-0.2, 0) is 16.4 Å². The standard InChI is InChI=1S/C17H25FN2O2S/c18-17-6-2-1-4-14(17)12-20-9-7-15(8-10-20)19-16-5-3-11-23(21,22)13-16/h1-2,4,6,15-16,19H,3,5,7-13H2/t16-/m0/s1. The maximum absolute atomic E-state index is 13.7. The highest BCUT2D eigenvalue weighted by Gasteiger charge is 2.28. The van der Waals surface area contributed by atoms with Crippen LogP contribution in [0.1, 0.15) is 31.2 Å². The van der Waals surface area contributed by atoms with Crippen LogP contribution in [-0.4, -0.2) is 50.0 Å². The van der Waals surface area contributed by atoms with Crippen molar-refractivity contribution in [3.05, 3.63) is 35.6 Å². The summed E-state index contributed by atoms with van der Waals surface area (Å²) in [4.78, 5) is 2.27. The van der Waals surface area contributed by atoms with E-state index in [0.29, 0.717) is 18.3 Å². The Balaban J connectivity index is 1.46. The smallest absolute Gasteiger partial charge is 0.151 e. The number of hydrogen-bond acceptors (Lipinski definition) is 4. The second-order valence-electron chi connectivity index (χ2n) is 6.76. The zero-order valence-electron chi connectivity index (χ0n) is 13.4. The Hall–Kier alpha value is -0.980. The van der Waals surface area contributed by atoms with Crippen molar-refractivity contribution in [2.45, 2.75) is 44.3 Å². The van der Waals surface area contributed by atoms with Gasteiger partial charge in [0.05, 0.1) is 11.5 Å². The molecule has 0 saturated carbocycles. The van der Waals surface area contributed by atoms with Gasteiger partial charge in [-0.25, -0.2) is 12.8 Å². The molecule has 1 aromatic carbocycles. The Bertz CT molecular complexity index is 627. The number of hydrogen-bond donors (Lipinski definition) is 1. The van der Waals surface area contributed by atoms with Crippen LogP contribution in [0.2, 0.25) is 0 Å². The third kappa shape index (κ3) is 4.75. The zero-order valence-corrected chi connectivity index (χ0v) is 14.2. The lowest BCUT2D eigenvalue weighted by atomic mass is 10.0. The number of sulfone groups is 1. The minimum Gasteiger partial charge on any atom is -0.310 e. The molecule has 2 aliphatic heterocycles. The summed E-state index contributed by atoms with van der Waals surface area (Å²) < 4.78 is 37.1. The Morgan fingerprint density at radius 3 is 2.57 bits per heavy atom. The molecule has 1 N–H and O–H groups in total. The first-order valence-electron chi connectivity index (χ1n) is 8.44. The molecule has 128 valence electrons. The van der Waals surface area contributed by atoms with Crippen LogP contribution < -0.4 is 5.32 Å². The van der Waals surface area contributed by atoms with Crippen LogP contribution in [0, 0.1) is 5.82 Å². The van der Waals surface area contributed by atoms with Crippen molar-refractivity contribution in [1.82, 2.24) is 10.2 Å². The largest absolute Gasteiger partial charge is 0.310 e. The van der Waals surface area contributed by atoms with Crippen LogP contribution in [0.4, 0.5) is 4.39 Å². The van der Waals surface area contributed by atoms with E-state index in [0.717, 1.165) is 44.3 Å². The third-order valence-electron chi connectivity index (χ3n) is 4.87. The van der Waals surface area contributed by atoms with Crippen LogP contribution >= 0.6 is 0 Å². The molecule has 0 aliphatic carbocycles. The summed E-state index contributed by atoms with van der Waals surface area (Å²) in [5, 5.41) is 3.53. The van der Waals surface area contributed by atoms with E-state index in [1.165, 1.54) is 6.07 Å². The fraction of sp³-hybridized carbons (Fsp3) is 0.647. The van der Waals surface area contributed by atoms with Gasteiger partial charge in [0.2, 0.25) is 0 Å². The van der Waals surface area contributed by atoms with Crippen molar-refractivity contribution >= 4 is 9.84 Å². The van der Waals surface area contributed by atoms with Gasteiger partial charge >= 0.3 is 0 Å². The molecule has 0 aromatic heterocycles. The molecule has 1 aromatic rings. The number of nitrogens with zero attached hydrogens (tertiary/aromatic N) is 1. The van der Waals surface area contributed by atoms with Crippen LogP contribution in [0.5, 0.6) is 0 Å². The summed E-state index contributed by atoms with van der Waals surface area (Å²) in [6, 6.07) is 7.42. The molecular weight excluding hydrogens is 315 g/mol. The molecule has 4 nitrogen and oxygen atoms in total. The van der Waals surface area contributed by atoms with Gasteiger partial charge in [-0.2, -0.15) is 0 Å². The van der Waals surface area contributed by atoms with Crippen molar-refractivity contribution in [2.75, 3.05) is 24.6 Å². The Morgan fingerprint density at radius 1 is 1.13 bits per heavy atom. The number of rotatable bonds is 4.